The summed E-state index contributed by atoms with van der Waals surface area (Å²) in [5.74, 6) is 5.40. The van der Waals surface area contributed by atoms with Crippen LogP contribution in [0.2, 0.25) is 16.6 Å². The van der Waals surface area contributed by atoms with E-state index in [0.29, 0.717) is 28.5 Å². The van der Waals surface area contributed by atoms with Crippen molar-refractivity contribution in [1.82, 2.24) is 5.32 Å². The van der Waals surface area contributed by atoms with E-state index < -0.39 is 16.1 Å². The Kier molecular flexibility index (Phi) is 10.5. The van der Waals surface area contributed by atoms with E-state index in [0.717, 1.165) is 51.4 Å². The molecule has 332 valence electrons. The van der Waals surface area contributed by atoms with Crippen LogP contribution in [0, 0.1) is 17.8 Å². The van der Waals surface area contributed by atoms with Crippen molar-refractivity contribution in [2.75, 3.05) is 0 Å². The Balaban J connectivity index is 0.961. The molecule has 65 heavy (non-hydrogen) atoms. The van der Waals surface area contributed by atoms with E-state index in [-0.39, 0.29) is 24.2 Å². The van der Waals surface area contributed by atoms with Crippen LogP contribution in [0.3, 0.4) is 0 Å². The Morgan fingerprint density at radius 2 is 1.63 bits per heavy atom. The molecule has 11 unspecified atom stereocenters. The average Bonchev–Trinajstić information content (AvgIpc) is 4.19. The number of nitrogens with one attached hydrogen (secondary N) is 1. The zero-order chi connectivity index (χ0) is 43.0. The van der Waals surface area contributed by atoms with Gasteiger partial charge in [0.1, 0.15) is 31.9 Å². The highest BCUT2D eigenvalue weighted by Gasteiger charge is 2.60. The maximum absolute atomic E-state index is 7.58. The lowest BCUT2D eigenvalue weighted by molar-refractivity contribution is 0.105. The Morgan fingerprint density at radius 3 is 2.51 bits per heavy atom. The van der Waals surface area contributed by atoms with Crippen LogP contribution in [0.25, 0.3) is 0 Å². The first-order valence-electron chi connectivity index (χ1n) is 25.9. The Labute approximate surface area is 389 Å². The van der Waals surface area contributed by atoms with Crippen molar-refractivity contribution in [3.8, 4) is 0 Å². The molecule has 0 aromatic heterocycles. The van der Waals surface area contributed by atoms with Crippen LogP contribution in [0.15, 0.2) is 193 Å². The van der Waals surface area contributed by atoms with Crippen molar-refractivity contribution in [2.24, 2.45) is 22.7 Å². The normalized spacial score (nSPS) is 39.8. The second-order valence-electron chi connectivity index (χ2n) is 21.2. The van der Waals surface area contributed by atoms with Crippen molar-refractivity contribution in [3.05, 3.63) is 188 Å². The minimum absolute atomic E-state index is 0.0562. The average molecular weight is 891 g/mol. The van der Waals surface area contributed by atoms with Gasteiger partial charge in [-0.05, 0) is 134 Å². The molecule has 11 atom stereocenters. The standard InChI is InChI=1S/C59H66N2O2Si2/c1-5-21-41(22-6-1)64(42-23-7-2-8-24-42)53-34-15-13-32-51(53)62-57-46(30-18-36-55(57)64)49-39-50(61-59(60-49)45-29-17-20-40-38-48(40)45)47-31-19-37-56-58(47)63-52-33-14-16-35-54(52)65(56,43-25-9-3-10-26-43)44-27-11-4-12-28-44/h1-3,5-7,9,11,13,15,17-21,23,27-29,31,34,36,40-41,43,46,48-49,51,56,59-60H,4,8,10,12,14,16,22,24-26,30,32-33,35,37-39H2. The van der Waals surface area contributed by atoms with E-state index in [4.69, 9.17) is 14.5 Å². The molecule has 6 heteroatoms. The second-order valence-corrected chi connectivity index (χ2v) is 29.8. The largest absolute Gasteiger partial charge is 0.490 e. The topological polar surface area (TPSA) is 42.9 Å². The van der Waals surface area contributed by atoms with Gasteiger partial charge in [0.05, 0.1) is 5.76 Å². The molecular formula is C59H66N2O2Si2. The lowest BCUT2D eigenvalue weighted by Gasteiger charge is -2.54. The molecule has 1 fully saturated rings. The predicted octanol–water partition coefficient (Wildman–Crippen LogP) is 13.9. The van der Waals surface area contributed by atoms with E-state index in [9.17, 15) is 0 Å². The van der Waals surface area contributed by atoms with Gasteiger partial charge in [-0.3, -0.25) is 10.3 Å². The van der Waals surface area contributed by atoms with Crippen LogP contribution in [-0.2, 0) is 9.47 Å². The summed E-state index contributed by atoms with van der Waals surface area (Å²) in [6.07, 6.45) is 73.6. The van der Waals surface area contributed by atoms with Crippen LogP contribution in [-0.4, -0.2) is 40.2 Å². The second kappa shape index (κ2) is 16.7. The van der Waals surface area contributed by atoms with Crippen LogP contribution < -0.4 is 5.32 Å². The van der Waals surface area contributed by atoms with Gasteiger partial charge in [0.2, 0.25) is 0 Å². The number of nitrogens with zero attached hydrogens (tertiary/aromatic N) is 1. The third-order valence-corrected chi connectivity index (χ3v) is 29.9. The van der Waals surface area contributed by atoms with Gasteiger partial charge in [0.15, 0.2) is 8.07 Å². The van der Waals surface area contributed by atoms with Gasteiger partial charge < -0.3 is 9.47 Å². The van der Waals surface area contributed by atoms with Gasteiger partial charge >= 0.3 is 0 Å². The van der Waals surface area contributed by atoms with E-state index in [1.807, 2.05) is 0 Å². The maximum atomic E-state index is 7.58. The third kappa shape index (κ3) is 6.54. The molecule has 13 rings (SSSR count). The highest BCUT2D eigenvalue weighted by molar-refractivity contribution is 7.01. The molecule has 0 bridgehead atoms. The summed E-state index contributed by atoms with van der Waals surface area (Å²) in [5.41, 5.74) is 5.63. The summed E-state index contributed by atoms with van der Waals surface area (Å²) in [4.78, 5) is 5.92. The SMILES string of the molecule is C1=CCCC([Si]2(C3C=CC=CC3)C3=CC=CCC3OC3=C2C=CCC3C2CC(C3=C4OC5=C(CCCC5)[Si](C5=CCCC=C5)(C5CC=CCC5)C4CC=C3)=NC(C3=CC=CC4CC34)N2)=C1. The Morgan fingerprint density at radius 1 is 0.692 bits per heavy atom. The summed E-state index contributed by atoms with van der Waals surface area (Å²) in [7, 11) is -4.78. The van der Waals surface area contributed by atoms with Gasteiger partial charge in [-0.2, -0.15) is 0 Å². The molecule has 0 aromatic rings. The summed E-state index contributed by atoms with van der Waals surface area (Å²) >= 11 is 0. The lowest BCUT2D eigenvalue weighted by atomic mass is 9.83. The molecule has 13 aliphatic rings. The maximum Gasteiger partial charge on any atom is 0.155 e. The Hall–Kier alpha value is -4.50. The number of fused-ring (bicyclic) bond motifs is 3. The molecule has 1 saturated carbocycles. The molecule has 3 aliphatic heterocycles. The summed E-state index contributed by atoms with van der Waals surface area (Å²) < 4.78 is 15.1. The Bertz CT molecular complexity index is 2590. The smallest absolute Gasteiger partial charge is 0.155 e. The zero-order valence-corrected chi connectivity index (χ0v) is 40.2. The van der Waals surface area contributed by atoms with Gasteiger partial charge in [0.25, 0.3) is 0 Å². The first-order valence-corrected chi connectivity index (χ1v) is 30.1. The number of aliphatic imine (C=N–C) groups is 1. The summed E-state index contributed by atoms with van der Waals surface area (Å²) in [5, 5.41) is 12.6. The van der Waals surface area contributed by atoms with Crippen LogP contribution in [0.5, 0.6) is 0 Å². The van der Waals surface area contributed by atoms with Crippen molar-refractivity contribution >= 4 is 21.9 Å². The first kappa shape index (κ1) is 40.8. The molecule has 1 N–H and O–H groups in total. The summed E-state index contributed by atoms with van der Waals surface area (Å²) in [6, 6.07) is 0.175. The predicted molar refractivity (Wildman–Crippen MR) is 271 cm³/mol. The van der Waals surface area contributed by atoms with Gasteiger partial charge in [-0.25, -0.2) is 0 Å². The van der Waals surface area contributed by atoms with E-state index in [2.05, 4.69) is 139 Å². The highest BCUT2D eigenvalue weighted by atomic mass is 28.3. The summed E-state index contributed by atoms with van der Waals surface area (Å²) in [6.45, 7) is 0. The van der Waals surface area contributed by atoms with E-state index >= 15 is 0 Å². The highest BCUT2D eigenvalue weighted by Crippen LogP contribution is 2.62. The van der Waals surface area contributed by atoms with E-state index in [1.54, 1.807) is 26.0 Å². The minimum atomic E-state index is -2.49. The van der Waals surface area contributed by atoms with Crippen molar-refractivity contribution in [1.29, 1.82) is 0 Å². The zero-order valence-electron chi connectivity index (χ0n) is 38.2. The van der Waals surface area contributed by atoms with Crippen molar-refractivity contribution in [3.63, 3.8) is 0 Å². The molecule has 0 aromatic carbocycles. The molecule has 0 saturated heterocycles. The monoisotopic (exact) mass is 890 g/mol. The van der Waals surface area contributed by atoms with Crippen LogP contribution in [0.4, 0.5) is 0 Å². The number of rotatable bonds is 7. The van der Waals surface area contributed by atoms with Gasteiger partial charge in [-0.15, -0.1) is 0 Å². The fraction of sp³-hybridized carbons (Fsp3) is 0.441. The molecule has 0 radical (unpaired) electrons. The number of allylic oxidation sites excluding steroid dienone is 28. The van der Waals surface area contributed by atoms with Crippen molar-refractivity contribution in [2.45, 2.75) is 144 Å². The lowest BCUT2D eigenvalue weighted by Crippen LogP contribution is -2.57. The van der Waals surface area contributed by atoms with Crippen LogP contribution in [0.1, 0.15) is 109 Å². The minimum Gasteiger partial charge on any atom is -0.490 e. The van der Waals surface area contributed by atoms with Crippen molar-refractivity contribution < 1.29 is 9.47 Å². The molecule has 0 amide bonds. The number of hydrogen-bond acceptors (Lipinski definition) is 4. The number of ether oxygens (including phenoxy) is 2. The quantitative estimate of drug-likeness (QED) is 0.205. The van der Waals surface area contributed by atoms with Gasteiger partial charge in [0, 0.05) is 48.0 Å². The molecule has 0 spiro atoms. The molecular weight excluding hydrogens is 825 g/mol. The van der Waals surface area contributed by atoms with Crippen LogP contribution >= 0.6 is 0 Å². The fourth-order valence-electron chi connectivity index (χ4n) is 15.2. The van der Waals surface area contributed by atoms with E-state index in [1.165, 1.54) is 91.9 Å². The molecule has 4 nitrogen and oxygen atoms in total. The van der Waals surface area contributed by atoms with Gasteiger partial charge in [-0.1, -0.05) is 144 Å². The first-order chi connectivity index (χ1) is 32.2. The third-order valence-electron chi connectivity index (χ3n) is 18.0. The molecule has 10 aliphatic carbocycles. The molecule has 3 heterocycles. The fourth-order valence-corrected chi connectivity index (χ4v) is 28.4. The number of hydrogen-bond donors (Lipinski definition) is 1.